The van der Waals surface area contributed by atoms with Crippen LogP contribution in [0.5, 0.6) is 0 Å². The van der Waals surface area contributed by atoms with Crippen molar-refractivity contribution in [1.29, 1.82) is 0 Å². The lowest BCUT2D eigenvalue weighted by atomic mass is 9.88. The first-order valence-electron chi connectivity index (χ1n) is 6.16. The van der Waals surface area contributed by atoms with Gasteiger partial charge in [0.1, 0.15) is 0 Å². The Kier molecular flexibility index (Phi) is 4.35. The van der Waals surface area contributed by atoms with Gasteiger partial charge in [0.25, 0.3) is 0 Å². The van der Waals surface area contributed by atoms with Crippen LogP contribution in [-0.2, 0) is 6.42 Å². The molecule has 0 radical (unpaired) electrons. The van der Waals surface area contributed by atoms with E-state index in [9.17, 15) is 0 Å². The molecule has 0 spiro atoms. The Morgan fingerprint density at radius 3 is 2.00 bits per heavy atom. The third kappa shape index (κ3) is 2.75. The molecule has 0 N–H and O–H groups in total. The van der Waals surface area contributed by atoms with Crippen molar-refractivity contribution in [2.24, 2.45) is 5.92 Å². The number of hydrogen-bond donors (Lipinski definition) is 0. The van der Waals surface area contributed by atoms with Gasteiger partial charge in [-0.05, 0) is 74.8 Å². The maximum absolute atomic E-state index is 2.30. The molecule has 1 rings (SSSR count). The minimum Gasteiger partial charge on any atom is -0.0914 e. The molecule has 0 aliphatic rings. The van der Waals surface area contributed by atoms with Crippen molar-refractivity contribution in [3.8, 4) is 0 Å². The van der Waals surface area contributed by atoms with E-state index in [2.05, 4.69) is 59.8 Å². The molecule has 0 fully saturated rings. The van der Waals surface area contributed by atoms with Crippen LogP contribution in [-0.4, -0.2) is 0 Å². The lowest BCUT2D eigenvalue weighted by Crippen LogP contribution is -2.04. The lowest BCUT2D eigenvalue weighted by Gasteiger charge is -2.17. The molecule has 0 heteroatoms. The summed E-state index contributed by atoms with van der Waals surface area (Å²) in [5.41, 5.74) is 7.33. The third-order valence-electron chi connectivity index (χ3n) is 3.57. The van der Waals surface area contributed by atoms with Gasteiger partial charge in [-0.3, -0.25) is 0 Å². The van der Waals surface area contributed by atoms with E-state index in [1.165, 1.54) is 22.3 Å². The summed E-state index contributed by atoms with van der Waals surface area (Å²) < 4.78 is 0. The van der Waals surface area contributed by atoms with Gasteiger partial charge in [0.05, 0.1) is 0 Å². The van der Waals surface area contributed by atoms with Crippen LogP contribution >= 0.6 is 0 Å². The molecule has 0 aromatic heterocycles. The highest BCUT2D eigenvalue weighted by molar-refractivity contribution is 5.44. The normalized spacial score (nSPS) is 13.4. The first-order chi connectivity index (χ1) is 7.47. The van der Waals surface area contributed by atoms with Gasteiger partial charge in [-0.15, -0.1) is 0 Å². The van der Waals surface area contributed by atoms with Crippen LogP contribution in [0.3, 0.4) is 0 Å². The molecular formula is C16H24. The molecule has 0 amide bonds. The lowest BCUT2D eigenvalue weighted by molar-refractivity contribution is 0.714. The number of hydrogen-bond acceptors (Lipinski definition) is 0. The predicted molar refractivity (Wildman–Crippen MR) is 73.1 cm³/mol. The van der Waals surface area contributed by atoms with E-state index < -0.39 is 0 Å². The molecular weight excluding hydrogens is 192 g/mol. The molecule has 0 aliphatic heterocycles. The molecule has 88 valence electrons. The Hall–Kier alpha value is -1.04. The van der Waals surface area contributed by atoms with Crippen molar-refractivity contribution >= 4 is 0 Å². The molecule has 0 heterocycles. The fourth-order valence-electron chi connectivity index (χ4n) is 2.32. The standard InChI is InChI=1S/C16H24/c1-7-8-11(2)9-16-14(5)12(3)10-13(4)15(16)6/h7-8,10-11H,9H2,1-6H3/b8-7-. The summed E-state index contributed by atoms with van der Waals surface area (Å²) in [5.74, 6) is 0.628. The Morgan fingerprint density at radius 1 is 1.06 bits per heavy atom. The van der Waals surface area contributed by atoms with Crippen molar-refractivity contribution < 1.29 is 0 Å². The summed E-state index contributed by atoms with van der Waals surface area (Å²) in [6.45, 7) is 13.3. The minimum absolute atomic E-state index is 0.628. The molecule has 1 aromatic rings. The van der Waals surface area contributed by atoms with E-state index >= 15 is 0 Å². The summed E-state index contributed by atoms with van der Waals surface area (Å²) in [6, 6.07) is 2.30. The molecule has 1 atom stereocenters. The molecule has 0 saturated heterocycles. The fourth-order valence-corrected chi connectivity index (χ4v) is 2.32. The average Bonchev–Trinajstić information content (AvgIpc) is 2.22. The molecule has 0 nitrogen and oxygen atoms in total. The fraction of sp³-hybridized carbons (Fsp3) is 0.500. The summed E-state index contributed by atoms with van der Waals surface area (Å²) in [4.78, 5) is 0. The summed E-state index contributed by atoms with van der Waals surface area (Å²) in [6.07, 6.45) is 5.60. The topological polar surface area (TPSA) is 0 Å². The summed E-state index contributed by atoms with van der Waals surface area (Å²) in [7, 11) is 0. The molecule has 1 unspecified atom stereocenters. The van der Waals surface area contributed by atoms with Crippen LogP contribution in [0.1, 0.15) is 41.7 Å². The number of rotatable bonds is 3. The summed E-state index contributed by atoms with van der Waals surface area (Å²) >= 11 is 0. The average molecular weight is 216 g/mol. The van der Waals surface area contributed by atoms with Gasteiger partial charge in [0.2, 0.25) is 0 Å². The van der Waals surface area contributed by atoms with E-state index in [0.717, 1.165) is 6.42 Å². The second-order valence-electron chi connectivity index (χ2n) is 4.95. The third-order valence-corrected chi connectivity index (χ3v) is 3.57. The van der Waals surface area contributed by atoms with Crippen molar-refractivity contribution in [3.05, 3.63) is 46.0 Å². The zero-order valence-corrected chi connectivity index (χ0v) is 11.5. The summed E-state index contributed by atoms with van der Waals surface area (Å²) in [5, 5.41) is 0. The number of allylic oxidation sites excluding steroid dienone is 2. The highest BCUT2D eigenvalue weighted by Crippen LogP contribution is 2.24. The highest BCUT2D eigenvalue weighted by Gasteiger charge is 2.10. The van der Waals surface area contributed by atoms with E-state index in [4.69, 9.17) is 0 Å². The van der Waals surface area contributed by atoms with Gasteiger partial charge >= 0.3 is 0 Å². The predicted octanol–water partition coefficient (Wildman–Crippen LogP) is 4.67. The van der Waals surface area contributed by atoms with Gasteiger partial charge < -0.3 is 0 Å². The van der Waals surface area contributed by atoms with Crippen LogP contribution in [0.4, 0.5) is 0 Å². The zero-order valence-electron chi connectivity index (χ0n) is 11.5. The Balaban J connectivity index is 3.12. The molecule has 0 saturated carbocycles. The number of aryl methyl sites for hydroxylation is 2. The molecule has 0 bridgehead atoms. The molecule has 16 heavy (non-hydrogen) atoms. The smallest absolute Gasteiger partial charge is 0.0213 e. The van der Waals surface area contributed by atoms with E-state index in [-0.39, 0.29) is 0 Å². The maximum atomic E-state index is 2.30. The first-order valence-corrected chi connectivity index (χ1v) is 6.16. The quantitative estimate of drug-likeness (QED) is 0.644. The van der Waals surface area contributed by atoms with Gasteiger partial charge in [-0.2, -0.15) is 0 Å². The Bertz CT molecular complexity index is 371. The van der Waals surface area contributed by atoms with Gasteiger partial charge in [0, 0.05) is 0 Å². The second kappa shape index (κ2) is 5.34. The van der Waals surface area contributed by atoms with Crippen LogP contribution in [0.2, 0.25) is 0 Å². The van der Waals surface area contributed by atoms with E-state index in [1.807, 2.05) is 0 Å². The van der Waals surface area contributed by atoms with Gasteiger partial charge in [0.15, 0.2) is 0 Å². The van der Waals surface area contributed by atoms with E-state index in [1.54, 1.807) is 5.56 Å². The SMILES string of the molecule is C/C=C\C(C)Cc1c(C)c(C)cc(C)c1C. The maximum Gasteiger partial charge on any atom is -0.0213 e. The van der Waals surface area contributed by atoms with E-state index in [0.29, 0.717) is 5.92 Å². The largest absolute Gasteiger partial charge is 0.0914 e. The van der Waals surface area contributed by atoms with Crippen LogP contribution in [0.25, 0.3) is 0 Å². The van der Waals surface area contributed by atoms with Crippen molar-refractivity contribution in [2.45, 2.75) is 48.0 Å². The van der Waals surface area contributed by atoms with Crippen molar-refractivity contribution in [2.75, 3.05) is 0 Å². The molecule has 1 aromatic carbocycles. The first kappa shape index (κ1) is 13.0. The van der Waals surface area contributed by atoms with Crippen molar-refractivity contribution in [1.82, 2.24) is 0 Å². The van der Waals surface area contributed by atoms with Crippen LogP contribution < -0.4 is 0 Å². The van der Waals surface area contributed by atoms with Crippen LogP contribution in [0.15, 0.2) is 18.2 Å². The van der Waals surface area contributed by atoms with Crippen LogP contribution in [0, 0.1) is 33.6 Å². The van der Waals surface area contributed by atoms with Gasteiger partial charge in [-0.1, -0.05) is 25.1 Å². The number of benzene rings is 1. The Morgan fingerprint density at radius 2 is 1.56 bits per heavy atom. The zero-order chi connectivity index (χ0) is 12.3. The second-order valence-corrected chi connectivity index (χ2v) is 4.95. The minimum atomic E-state index is 0.628. The van der Waals surface area contributed by atoms with Crippen molar-refractivity contribution in [3.63, 3.8) is 0 Å². The van der Waals surface area contributed by atoms with Gasteiger partial charge in [-0.25, -0.2) is 0 Å². The monoisotopic (exact) mass is 216 g/mol. The molecule has 0 aliphatic carbocycles. The Labute approximate surface area is 100 Å². The highest BCUT2D eigenvalue weighted by atomic mass is 14.1.